The maximum absolute atomic E-state index is 12.6. The van der Waals surface area contributed by atoms with Crippen LogP contribution in [0.2, 0.25) is 0 Å². The van der Waals surface area contributed by atoms with Gasteiger partial charge < -0.3 is 14.7 Å². The Hall–Kier alpha value is -6.67. The van der Waals surface area contributed by atoms with Crippen molar-refractivity contribution in [2.45, 2.75) is 13.1 Å². The summed E-state index contributed by atoms with van der Waals surface area (Å²) in [6.07, 6.45) is 3.89. The van der Waals surface area contributed by atoms with Crippen LogP contribution in [-0.4, -0.2) is 7.32 Å². The highest BCUT2D eigenvalue weighted by Crippen LogP contribution is 2.29. The number of halogens is 5. The zero-order valence-electron chi connectivity index (χ0n) is 27.6. The molecular weight excluding hydrogens is 690 g/mol. The number of nitrogens with zero attached hydrogens (tertiary/aromatic N) is 4. The molecule has 0 fully saturated rings. The maximum atomic E-state index is 12.6. The standard InChI is InChI=1S/2C17H13N2.C6BF5O3/c2*18-12-16-9-3-4-11-19(16)13-15-8-5-7-14-6-1-2-10-17(14)15;8-1-2(9)4(11)6(15-7(13)14)5(12)3(1)10/h2*1-11H,13H2;/q2*+1;-2. The van der Waals surface area contributed by atoms with E-state index in [-0.39, 0.29) is 0 Å². The molecule has 0 saturated carbocycles. The van der Waals surface area contributed by atoms with Gasteiger partial charge in [-0.15, -0.1) is 0 Å². The molecule has 2 aromatic heterocycles. The van der Waals surface area contributed by atoms with Crippen molar-refractivity contribution in [3.8, 4) is 17.9 Å². The average molecular weight is 716 g/mol. The first-order chi connectivity index (χ1) is 25.6. The summed E-state index contributed by atoms with van der Waals surface area (Å²) in [5.41, 5.74) is 3.81. The molecule has 0 atom stereocenters. The second-order valence-corrected chi connectivity index (χ2v) is 11.2. The van der Waals surface area contributed by atoms with Gasteiger partial charge in [-0.3, -0.25) is 0 Å². The van der Waals surface area contributed by atoms with Crippen molar-refractivity contribution >= 4 is 28.9 Å². The molecule has 262 valence electrons. The van der Waals surface area contributed by atoms with Crippen molar-refractivity contribution in [1.82, 2.24) is 0 Å². The molecule has 0 aliphatic rings. The second kappa shape index (κ2) is 17.5. The van der Waals surface area contributed by atoms with E-state index in [2.05, 4.69) is 77.5 Å². The van der Waals surface area contributed by atoms with Crippen LogP contribution >= 0.6 is 0 Å². The number of fused-ring (bicyclic) bond motifs is 2. The van der Waals surface area contributed by atoms with Crippen molar-refractivity contribution in [1.29, 1.82) is 10.5 Å². The first-order valence-corrected chi connectivity index (χ1v) is 15.8. The lowest BCUT2D eigenvalue weighted by Crippen LogP contribution is -2.50. The van der Waals surface area contributed by atoms with Crippen LogP contribution < -0.4 is 23.8 Å². The van der Waals surface area contributed by atoms with Crippen LogP contribution in [0.5, 0.6) is 5.75 Å². The second-order valence-electron chi connectivity index (χ2n) is 11.2. The van der Waals surface area contributed by atoms with Crippen molar-refractivity contribution in [3.05, 3.63) is 185 Å². The summed E-state index contributed by atoms with van der Waals surface area (Å²) in [5.74, 6) is -13.6. The summed E-state index contributed by atoms with van der Waals surface area (Å²) in [6.45, 7) is 1.43. The molecule has 7 nitrogen and oxygen atoms in total. The maximum Gasteiger partial charge on any atom is 0.283 e. The normalized spacial score (nSPS) is 10.3. The predicted molar refractivity (Wildman–Crippen MR) is 181 cm³/mol. The Morgan fingerprint density at radius 1 is 0.509 bits per heavy atom. The Bertz CT molecular complexity index is 2310. The van der Waals surface area contributed by atoms with Crippen LogP contribution in [-0.2, 0) is 13.1 Å². The topological polar surface area (TPSA) is 111 Å². The lowest BCUT2D eigenvalue weighted by Gasteiger charge is -2.27. The molecule has 0 unspecified atom stereocenters. The van der Waals surface area contributed by atoms with E-state index >= 15 is 0 Å². The first-order valence-electron chi connectivity index (χ1n) is 15.8. The lowest BCUT2D eigenvalue weighted by atomic mass is 10.0. The quantitative estimate of drug-likeness (QED) is 0.0736. The molecule has 0 bridgehead atoms. The Morgan fingerprint density at radius 2 is 0.887 bits per heavy atom. The molecule has 0 aliphatic carbocycles. The Labute approximate surface area is 301 Å². The van der Waals surface area contributed by atoms with Crippen LogP contribution in [0.1, 0.15) is 22.5 Å². The number of nitriles is 2. The molecule has 0 amide bonds. The predicted octanol–water partition coefficient (Wildman–Crippen LogP) is 5.56. The Balaban J connectivity index is 0.000000155. The number of pyridine rings is 2. The SMILES string of the molecule is N#Cc1cccc[n+]1Cc1cccc2ccccc12.N#Cc1cccc[n+]1Cc1cccc2ccccc12.[O-]B([O-])Oc1c(F)c(F)c(F)c(F)c1F. The van der Waals surface area contributed by atoms with Gasteiger partial charge in [-0.1, -0.05) is 84.9 Å². The van der Waals surface area contributed by atoms with Gasteiger partial charge in [0, 0.05) is 35.4 Å². The van der Waals surface area contributed by atoms with Crippen LogP contribution in [0.4, 0.5) is 22.0 Å². The van der Waals surface area contributed by atoms with E-state index < -0.39 is 42.2 Å². The largest absolute Gasteiger partial charge is 0.860 e. The fourth-order valence-corrected chi connectivity index (χ4v) is 5.44. The van der Waals surface area contributed by atoms with Crippen LogP contribution in [0.15, 0.2) is 134 Å². The fourth-order valence-electron chi connectivity index (χ4n) is 5.44. The zero-order chi connectivity index (χ0) is 37.9. The van der Waals surface area contributed by atoms with Crippen molar-refractivity contribution < 1.29 is 45.8 Å². The molecular formula is C40H26BF5N4O3. The zero-order valence-corrected chi connectivity index (χ0v) is 27.6. The molecule has 0 N–H and O–H groups in total. The van der Waals surface area contributed by atoms with E-state index in [1.165, 1.54) is 32.7 Å². The van der Waals surface area contributed by atoms with E-state index in [9.17, 15) is 32.0 Å². The molecule has 7 rings (SSSR count). The van der Waals surface area contributed by atoms with Crippen molar-refractivity contribution in [2.75, 3.05) is 0 Å². The molecule has 0 spiro atoms. The summed E-state index contributed by atoms with van der Waals surface area (Å²) in [6, 6.07) is 45.0. The Kier molecular flexibility index (Phi) is 12.4. The highest BCUT2D eigenvalue weighted by molar-refractivity contribution is 6.29. The summed E-state index contributed by atoms with van der Waals surface area (Å²) < 4.78 is 69.8. The number of benzene rings is 5. The molecule has 0 aliphatic heterocycles. The smallest absolute Gasteiger partial charge is 0.283 e. The van der Waals surface area contributed by atoms with Crippen LogP contribution in [0, 0.1) is 51.7 Å². The van der Waals surface area contributed by atoms with Crippen LogP contribution in [0.3, 0.4) is 0 Å². The average Bonchev–Trinajstić information content (AvgIpc) is 3.19. The van der Waals surface area contributed by atoms with E-state index in [0.717, 1.165) is 0 Å². The summed E-state index contributed by atoms with van der Waals surface area (Å²) in [4.78, 5) is 0. The minimum Gasteiger partial charge on any atom is -0.860 e. The van der Waals surface area contributed by atoms with Gasteiger partial charge in [0.1, 0.15) is 7.32 Å². The van der Waals surface area contributed by atoms with Gasteiger partial charge in [0.05, 0.1) is 0 Å². The van der Waals surface area contributed by atoms with Gasteiger partial charge in [-0.05, 0) is 33.7 Å². The number of rotatable bonds is 6. The lowest BCUT2D eigenvalue weighted by molar-refractivity contribution is -0.690. The van der Waals surface area contributed by atoms with E-state index in [1.807, 2.05) is 82.2 Å². The minimum atomic E-state index is -3.20. The number of hydrogen-bond donors (Lipinski definition) is 0. The molecule has 0 saturated heterocycles. The highest BCUT2D eigenvalue weighted by Gasteiger charge is 2.26. The molecule has 7 aromatic rings. The first kappa shape index (κ1) is 37.6. The monoisotopic (exact) mass is 716 g/mol. The fraction of sp³-hybridized carbons (Fsp3) is 0.0500. The molecule has 2 heterocycles. The summed E-state index contributed by atoms with van der Waals surface area (Å²) in [7, 11) is -3.20. The third-order valence-electron chi connectivity index (χ3n) is 7.94. The molecule has 0 radical (unpaired) electrons. The van der Waals surface area contributed by atoms with Gasteiger partial charge in [-0.25, -0.2) is 13.2 Å². The molecule has 53 heavy (non-hydrogen) atoms. The van der Waals surface area contributed by atoms with E-state index in [4.69, 9.17) is 10.5 Å². The number of aromatic nitrogens is 2. The van der Waals surface area contributed by atoms with Gasteiger partial charge in [-0.2, -0.15) is 28.4 Å². The Morgan fingerprint density at radius 3 is 1.30 bits per heavy atom. The van der Waals surface area contributed by atoms with Gasteiger partial charge in [0.15, 0.2) is 43.4 Å². The van der Waals surface area contributed by atoms with E-state index in [1.54, 1.807) is 0 Å². The van der Waals surface area contributed by atoms with Crippen molar-refractivity contribution in [2.24, 2.45) is 0 Å². The third kappa shape index (κ3) is 8.99. The summed E-state index contributed by atoms with van der Waals surface area (Å²) >= 11 is 0. The van der Waals surface area contributed by atoms with Gasteiger partial charge in [0.2, 0.25) is 29.1 Å². The van der Waals surface area contributed by atoms with Gasteiger partial charge in [0.25, 0.3) is 11.4 Å². The molecule has 13 heteroatoms. The van der Waals surface area contributed by atoms with E-state index in [0.29, 0.717) is 24.5 Å². The summed E-state index contributed by atoms with van der Waals surface area (Å²) in [5, 5.41) is 42.9. The molecule has 5 aromatic carbocycles. The minimum absolute atomic E-state index is 0.676. The van der Waals surface area contributed by atoms with Crippen LogP contribution in [0.25, 0.3) is 21.5 Å². The van der Waals surface area contributed by atoms with Gasteiger partial charge >= 0.3 is 0 Å². The number of hydrogen-bond acceptors (Lipinski definition) is 5. The highest BCUT2D eigenvalue weighted by atomic mass is 19.2. The van der Waals surface area contributed by atoms with Crippen molar-refractivity contribution in [3.63, 3.8) is 0 Å². The third-order valence-corrected chi connectivity index (χ3v) is 7.94.